The number of benzene rings is 2. The Morgan fingerprint density at radius 2 is 1.90 bits per heavy atom. The van der Waals surface area contributed by atoms with Crippen LogP contribution < -0.4 is 22.7 Å². The van der Waals surface area contributed by atoms with Gasteiger partial charge in [0.15, 0.2) is 5.84 Å². The number of hydrogen-bond acceptors (Lipinski definition) is 6. The number of hydrogen-bond donors (Lipinski definition) is 4. The molecule has 0 aliphatic heterocycles. The minimum absolute atomic E-state index is 0.226. The fourth-order valence-corrected chi connectivity index (χ4v) is 3.92. The van der Waals surface area contributed by atoms with Gasteiger partial charge in [-0.15, -0.1) is 11.8 Å². The van der Waals surface area contributed by atoms with Gasteiger partial charge in [-0.3, -0.25) is 4.79 Å². The molecule has 1 heterocycles. The van der Waals surface area contributed by atoms with Crippen LogP contribution in [0.3, 0.4) is 0 Å². The molecule has 0 saturated heterocycles. The summed E-state index contributed by atoms with van der Waals surface area (Å²) in [5, 5.41) is 13.9. The first-order valence-electron chi connectivity index (χ1n) is 8.81. The molecule has 0 fully saturated rings. The van der Waals surface area contributed by atoms with Gasteiger partial charge in [0.2, 0.25) is 5.56 Å². The number of rotatable bonds is 6. The standard InChI is InChI=1S/C21H20N6OS/c22-12-18-17(9-14-5-2-1-3-6-14)11-19(28)25-21(18)29-13-15-7-4-8-16(10-15)20(26-23)27-24/h1-8,10-11H,9,13,23-24H2,(H,25,28)(H,26,27). The average Bonchev–Trinajstić information content (AvgIpc) is 2.74. The summed E-state index contributed by atoms with van der Waals surface area (Å²) in [7, 11) is 0. The summed E-state index contributed by atoms with van der Waals surface area (Å²) in [4.78, 5) is 15.0. The van der Waals surface area contributed by atoms with Crippen molar-refractivity contribution in [2.45, 2.75) is 17.2 Å². The number of H-pyrrole nitrogens is 1. The number of amidine groups is 1. The highest BCUT2D eigenvalue weighted by Crippen LogP contribution is 2.26. The molecular weight excluding hydrogens is 384 g/mol. The number of hydrazine groups is 1. The molecule has 0 radical (unpaired) electrons. The molecular formula is C21H20N6OS. The Kier molecular flexibility index (Phi) is 6.68. The van der Waals surface area contributed by atoms with E-state index in [2.05, 4.69) is 21.6 Å². The molecule has 146 valence electrons. The Balaban J connectivity index is 1.86. The van der Waals surface area contributed by atoms with Gasteiger partial charge in [0, 0.05) is 17.4 Å². The highest BCUT2D eigenvalue weighted by atomic mass is 32.2. The maximum absolute atomic E-state index is 12.2. The SMILES string of the molecule is N#Cc1c(Cc2ccccc2)cc(=O)[nH]c1SCc1cccc(/C(=N/N)NN)c1. The van der Waals surface area contributed by atoms with E-state index in [-0.39, 0.29) is 5.56 Å². The van der Waals surface area contributed by atoms with Crippen LogP contribution in [0.5, 0.6) is 0 Å². The largest absolute Gasteiger partial charge is 0.321 e. The number of pyridine rings is 1. The number of thioether (sulfide) groups is 1. The summed E-state index contributed by atoms with van der Waals surface area (Å²) in [6.07, 6.45) is 0.523. The van der Waals surface area contributed by atoms with E-state index in [0.29, 0.717) is 34.2 Å². The number of nitriles is 1. The number of nitrogens with two attached hydrogens (primary N) is 2. The van der Waals surface area contributed by atoms with E-state index in [1.54, 1.807) is 0 Å². The first kappa shape index (κ1) is 20.2. The molecule has 29 heavy (non-hydrogen) atoms. The van der Waals surface area contributed by atoms with Gasteiger partial charge < -0.3 is 16.3 Å². The molecule has 7 nitrogen and oxygen atoms in total. The average molecular weight is 404 g/mol. The van der Waals surface area contributed by atoms with Gasteiger partial charge in [-0.1, -0.05) is 48.5 Å². The van der Waals surface area contributed by atoms with E-state index >= 15 is 0 Å². The van der Waals surface area contributed by atoms with Gasteiger partial charge in [0.05, 0.1) is 10.6 Å². The van der Waals surface area contributed by atoms with Crippen LogP contribution in [0.15, 0.2) is 75.6 Å². The second-order valence-corrected chi connectivity index (χ2v) is 7.23. The minimum atomic E-state index is -0.226. The van der Waals surface area contributed by atoms with E-state index in [1.807, 2.05) is 54.6 Å². The molecule has 6 N–H and O–H groups in total. The van der Waals surface area contributed by atoms with Crippen molar-refractivity contribution in [1.82, 2.24) is 10.4 Å². The lowest BCUT2D eigenvalue weighted by Gasteiger charge is -2.10. The molecule has 0 unspecified atom stereocenters. The van der Waals surface area contributed by atoms with Gasteiger partial charge in [-0.05, 0) is 29.2 Å². The fraction of sp³-hybridized carbons (Fsp3) is 0.0952. The molecule has 2 aromatic carbocycles. The van der Waals surface area contributed by atoms with Crippen molar-refractivity contribution >= 4 is 17.6 Å². The maximum atomic E-state index is 12.2. The highest BCUT2D eigenvalue weighted by molar-refractivity contribution is 7.98. The second kappa shape index (κ2) is 9.59. The topological polar surface area (TPSA) is 133 Å². The summed E-state index contributed by atoms with van der Waals surface area (Å²) in [6, 6.07) is 21.0. The molecule has 0 bridgehead atoms. The van der Waals surface area contributed by atoms with Crippen LogP contribution in [0.1, 0.15) is 27.8 Å². The molecule has 3 rings (SSSR count). The predicted molar refractivity (Wildman–Crippen MR) is 115 cm³/mol. The van der Waals surface area contributed by atoms with Crippen molar-refractivity contribution in [2.24, 2.45) is 16.8 Å². The normalized spacial score (nSPS) is 11.1. The second-order valence-electron chi connectivity index (χ2n) is 6.25. The molecule has 0 aliphatic rings. The van der Waals surface area contributed by atoms with Crippen LogP contribution in [0.4, 0.5) is 0 Å². The third-order valence-electron chi connectivity index (χ3n) is 4.29. The minimum Gasteiger partial charge on any atom is -0.321 e. The Bertz CT molecular complexity index is 1120. The monoisotopic (exact) mass is 404 g/mol. The lowest BCUT2D eigenvalue weighted by Crippen LogP contribution is -2.32. The van der Waals surface area contributed by atoms with E-state index in [4.69, 9.17) is 11.7 Å². The van der Waals surface area contributed by atoms with Crippen molar-refractivity contribution < 1.29 is 0 Å². The fourth-order valence-electron chi connectivity index (χ4n) is 2.93. The summed E-state index contributed by atoms with van der Waals surface area (Å²) in [5.41, 5.74) is 6.19. The Labute approximate surface area is 172 Å². The Hall–Kier alpha value is -3.54. The zero-order chi connectivity index (χ0) is 20.6. The van der Waals surface area contributed by atoms with Crippen molar-refractivity contribution in [1.29, 1.82) is 5.26 Å². The van der Waals surface area contributed by atoms with Crippen LogP contribution >= 0.6 is 11.8 Å². The van der Waals surface area contributed by atoms with Gasteiger partial charge >= 0.3 is 0 Å². The molecule has 0 atom stereocenters. The van der Waals surface area contributed by atoms with E-state index in [1.165, 1.54) is 17.8 Å². The molecule has 0 aliphatic carbocycles. The van der Waals surface area contributed by atoms with Crippen molar-refractivity contribution in [2.75, 3.05) is 0 Å². The summed E-state index contributed by atoms with van der Waals surface area (Å²) >= 11 is 1.40. The lowest BCUT2D eigenvalue weighted by atomic mass is 10.0. The summed E-state index contributed by atoms with van der Waals surface area (Å²) < 4.78 is 0. The van der Waals surface area contributed by atoms with E-state index in [0.717, 1.165) is 16.7 Å². The van der Waals surface area contributed by atoms with Gasteiger partial charge in [0.25, 0.3) is 0 Å². The number of aromatic nitrogens is 1. The molecule has 0 spiro atoms. The third-order valence-corrected chi connectivity index (χ3v) is 5.36. The maximum Gasteiger partial charge on any atom is 0.249 e. The van der Waals surface area contributed by atoms with Gasteiger partial charge in [0.1, 0.15) is 6.07 Å². The van der Waals surface area contributed by atoms with Crippen LogP contribution in [-0.2, 0) is 12.2 Å². The zero-order valence-electron chi connectivity index (χ0n) is 15.6. The van der Waals surface area contributed by atoms with Crippen LogP contribution in [0, 0.1) is 11.3 Å². The van der Waals surface area contributed by atoms with Crippen molar-refractivity contribution in [3.63, 3.8) is 0 Å². The van der Waals surface area contributed by atoms with E-state index < -0.39 is 0 Å². The first-order valence-corrected chi connectivity index (χ1v) is 9.80. The van der Waals surface area contributed by atoms with Crippen molar-refractivity contribution in [3.8, 4) is 6.07 Å². The van der Waals surface area contributed by atoms with Crippen LogP contribution in [0.2, 0.25) is 0 Å². The molecule has 3 aromatic rings. The molecule has 0 amide bonds. The molecule has 1 aromatic heterocycles. The molecule has 8 heteroatoms. The number of aromatic amines is 1. The number of hydrazone groups is 1. The molecule has 0 saturated carbocycles. The smallest absolute Gasteiger partial charge is 0.249 e. The van der Waals surface area contributed by atoms with Gasteiger partial charge in [-0.25, -0.2) is 5.84 Å². The van der Waals surface area contributed by atoms with Crippen LogP contribution in [0.25, 0.3) is 0 Å². The predicted octanol–water partition coefficient (Wildman–Crippen LogP) is 2.21. The quantitative estimate of drug-likeness (QED) is 0.164. The number of nitrogens with zero attached hydrogens (tertiary/aromatic N) is 2. The van der Waals surface area contributed by atoms with Crippen molar-refractivity contribution in [3.05, 3.63) is 98.8 Å². The number of nitrogens with one attached hydrogen (secondary N) is 2. The van der Waals surface area contributed by atoms with E-state index in [9.17, 15) is 10.1 Å². The Morgan fingerprint density at radius 1 is 1.14 bits per heavy atom. The summed E-state index contributed by atoms with van der Waals surface area (Å²) in [6.45, 7) is 0. The Morgan fingerprint density at radius 3 is 2.59 bits per heavy atom. The lowest BCUT2D eigenvalue weighted by molar-refractivity contribution is 1.00. The first-order chi connectivity index (χ1) is 14.1. The summed E-state index contributed by atoms with van der Waals surface area (Å²) in [5.74, 6) is 11.7. The highest BCUT2D eigenvalue weighted by Gasteiger charge is 2.12. The third kappa shape index (κ3) is 5.04. The van der Waals surface area contributed by atoms with Gasteiger partial charge in [-0.2, -0.15) is 10.4 Å². The zero-order valence-corrected chi connectivity index (χ0v) is 16.4. The van der Waals surface area contributed by atoms with Crippen LogP contribution in [-0.4, -0.2) is 10.8 Å².